The van der Waals surface area contributed by atoms with Gasteiger partial charge in [0.25, 0.3) is 0 Å². The smallest absolute Gasteiger partial charge is 0.195 e. The summed E-state index contributed by atoms with van der Waals surface area (Å²) in [6.07, 6.45) is 0. The maximum atomic E-state index is 12.8. The Morgan fingerprint density at radius 2 is 1.73 bits per heavy atom. The van der Waals surface area contributed by atoms with E-state index in [-0.39, 0.29) is 5.43 Å². The minimum absolute atomic E-state index is 0.0134. The molecular weight excluding hydrogens is 326 g/mol. The SMILES string of the molecule is Cc1c(C(C)(C)CN)oc2c(C)c(OCc3ccccc3)ccc2c1=O. The van der Waals surface area contributed by atoms with Gasteiger partial charge in [-0.2, -0.15) is 0 Å². The molecule has 4 nitrogen and oxygen atoms in total. The summed E-state index contributed by atoms with van der Waals surface area (Å²) in [4.78, 5) is 12.8. The van der Waals surface area contributed by atoms with Crippen LogP contribution >= 0.6 is 0 Å². The zero-order valence-corrected chi connectivity index (χ0v) is 15.8. The quantitative estimate of drug-likeness (QED) is 0.747. The van der Waals surface area contributed by atoms with Gasteiger partial charge in [-0.05, 0) is 31.5 Å². The van der Waals surface area contributed by atoms with Crippen molar-refractivity contribution in [2.24, 2.45) is 5.73 Å². The van der Waals surface area contributed by atoms with Crippen LogP contribution < -0.4 is 15.9 Å². The molecule has 2 N–H and O–H groups in total. The lowest BCUT2D eigenvalue weighted by atomic mass is 9.87. The van der Waals surface area contributed by atoms with Crippen LogP contribution in [0.2, 0.25) is 0 Å². The molecule has 1 aromatic heterocycles. The van der Waals surface area contributed by atoms with Gasteiger partial charge in [0.1, 0.15) is 23.7 Å². The number of ether oxygens (including phenoxy) is 1. The summed E-state index contributed by atoms with van der Waals surface area (Å²) in [7, 11) is 0. The molecule has 3 rings (SSSR count). The van der Waals surface area contributed by atoms with Crippen LogP contribution in [0.4, 0.5) is 0 Å². The summed E-state index contributed by atoms with van der Waals surface area (Å²) < 4.78 is 12.2. The van der Waals surface area contributed by atoms with E-state index in [1.807, 2.05) is 57.2 Å². The van der Waals surface area contributed by atoms with Gasteiger partial charge in [-0.1, -0.05) is 44.2 Å². The van der Waals surface area contributed by atoms with E-state index in [4.69, 9.17) is 14.9 Å². The molecule has 0 aliphatic rings. The number of rotatable bonds is 5. The number of aryl methyl sites for hydroxylation is 1. The van der Waals surface area contributed by atoms with E-state index in [0.29, 0.717) is 41.2 Å². The molecule has 4 heteroatoms. The number of nitrogens with two attached hydrogens (primary N) is 1. The molecule has 136 valence electrons. The summed E-state index contributed by atoms with van der Waals surface area (Å²) in [6.45, 7) is 8.54. The third-order valence-corrected chi connectivity index (χ3v) is 4.85. The van der Waals surface area contributed by atoms with Crippen molar-refractivity contribution in [2.75, 3.05) is 6.54 Å². The summed E-state index contributed by atoms with van der Waals surface area (Å²) >= 11 is 0. The fraction of sp³-hybridized carbons (Fsp3) is 0.318. The van der Waals surface area contributed by atoms with Gasteiger partial charge in [0, 0.05) is 23.1 Å². The largest absolute Gasteiger partial charge is 0.488 e. The second-order valence-corrected chi connectivity index (χ2v) is 7.31. The molecule has 0 amide bonds. The van der Waals surface area contributed by atoms with Crippen LogP contribution in [-0.2, 0) is 12.0 Å². The van der Waals surface area contributed by atoms with Crippen molar-refractivity contribution in [3.8, 4) is 5.75 Å². The highest BCUT2D eigenvalue weighted by molar-refractivity contribution is 5.82. The van der Waals surface area contributed by atoms with Crippen molar-refractivity contribution < 1.29 is 9.15 Å². The van der Waals surface area contributed by atoms with Crippen LogP contribution in [0, 0.1) is 13.8 Å². The summed E-state index contributed by atoms with van der Waals surface area (Å²) in [5.41, 5.74) is 8.57. The molecule has 0 bridgehead atoms. The van der Waals surface area contributed by atoms with Crippen LogP contribution in [0.25, 0.3) is 11.0 Å². The van der Waals surface area contributed by atoms with Crippen molar-refractivity contribution in [2.45, 2.75) is 39.7 Å². The topological polar surface area (TPSA) is 65.5 Å². The highest BCUT2D eigenvalue weighted by atomic mass is 16.5. The summed E-state index contributed by atoms with van der Waals surface area (Å²) in [5.74, 6) is 1.35. The molecule has 0 saturated heterocycles. The van der Waals surface area contributed by atoms with Crippen molar-refractivity contribution in [3.05, 3.63) is 75.1 Å². The second kappa shape index (κ2) is 6.96. The molecule has 0 spiro atoms. The molecule has 0 fully saturated rings. The molecule has 0 aliphatic heterocycles. The van der Waals surface area contributed by atoms with Gasteiger partial charge in [0.2, 0.25) is 0 Å². The number of fused-ring (bicyclic) bond motifs is 1. The Labute approximate surface area is 153 Å². The molecule has 1 heterocycles. The minimum atomic E-state index is -0.412. The average molecular weight is 351 g/mol. The predicted molar refractivity (Wildman–Crippen MR) is 105 cm³/mol. The first-order valence-electron chi connectivity index (χ1n) is 8.79. The van der Waals surface area contributed by atoms with E-state index in [1.54, 1.807) is 13.0 Å². The third kappa shape index (κ3) is 3.25. The van der Waals surface area contributed by atoms with Gasteiger partial charge in [0.15, 0.2) is 5.43 Å². The first-order valence-corrected chi connectivity index (χ1v) is 8.79. The molecule has 0 radical (unpaired) electrons. The summed E-state index contributed by atoms with van der Waals surface area (Å²) in [5, 5.41) is 0.573. The first kappa shape index (κ1) is 18.2. The molecule has 0 saturated carbocycles. The van der Waals surface area contributed by atoms with E-state index in [1.165, 1.54) is 0 Å². The molecule has 3 aromatic rings. The van der Waals surface area contributed by atoms with Gasteiger partial charge in [-0.15, -0.1) is 0 Å². The van der Waals surface area contributed by atoms with Crippen molar-refractivity contribution in [1.82, 2.24) is 0 Å². The normalized spacial score (nSPS) is 11.7. The van der Waals surface area contributed by atoms with Gasteiger partial charge in [-0.3, -0.25) is 4.79 Å². The standard InChI is InChI=1S/C22H25NO3/c1-14-18(25-12-16-8-6-5-7-9-16)11-10-17-19(24)15(2)21(26-20(14)17)22(3,4)13-23/h5-11H,12-13,23H2,1-4H3. The zero-order valence-electron chi connectivity index (χ0n) is 15.8. The maximum absolute atomic E-state index is 12.8. The number of benzene rings is 2. The molecular formula is C22H25NO3. The summed E-state index contributed by atoms with van der Waals surface area (Å²) in [6, 6.07) is 13.6. The lowest BCUT2D eigenvalue weighted by Gasteiger charge is -2.23. The van der Waals surface area contributed by atoms with Crippen molar-refractivity contribution in [3.63, 3.8) is 0 Å². The van der Waals surface area contributed by atoms with Gasteiger partial charge in [-0.25, -0.2) is 0 Å². The van der Waals surface area contributed by atoms with E-state index < -0.39 is 5.41 Å². The van der Waals surface area contributed by atoms with E-state index in [2.05, 4.69) is 0 Å². The van der Waals surface area contributed by atoms with Crippen LogP contribution in [0.5, 0.6) is 5.75 Å². The Hall–Kier alpha value is -2.59. The van der Waals surface area contributed by atoms with Crippen LogP contribution in [0.15, 0.2) is 51.7 Å². The Balaban J connectivity index is 2.07. The number of hydrogen-bond donors (Lipinski definition) is 1. The van der Waals surface area contributed by atoms with Crippen LogP contribution in [0.3, 0.4) is 0 Å². The van der Waals surface area contributed by atoms with E-state index in [9.17, 15) is 4.79 Å². The van der Waals surface area contributed by atoms with E-state index >= 15 is 0 Å². The van der Waals surface area contributed by atoms with Gasteiger partial charge < -0.3 is 14.9 Å². The first-order chi connectivity index (χ1) is 12.3. The van der Waals surface area contributed by atoms with E-state index in [0.717, 1.165) is 11.1 Å². The molecule has 0 aliphatic carbocycles. The minimum Gasteiger partial charge on any atom is -0.488 e. The van der Waals surface area contributed by atoms with Gasteiger partial charge in [0.05, 0.1) is 5.39 Å². The number of hydrogen-bond acceptors (Lipinski definition) is 4. The monoisotopic (exact) mass is 351 g/mol. The van der Waals surface area contributed by atoms with Crippen LogP contribution in [-0.4, -0.2) is 6.54 Å². The Morgan fingerprint density at radius 1 is 1.04 bits per heavy atom. The lowest BCUT2D eigenvalue weighted by molar-refractivity contribution is 0.303. The fourth-order valence-electron chi connectivity index (χ4n) is 3.10. The van der Waals surface area contributed by atoms with Crippen molar-refractivity contribution >= 4 is 11.0 Å². The fourth-order valence-corrected chi connectivity index (χ4v) is 3.10. The van der Waals surface area contributed by atoms with Gasteiger partial charge >= 0.3 is 0 Å². The van der Waals surface area contributed by atoms with Crippen LogP contribution in [0.1, 0.15) is 36.3 Å². The van der Waals surface area contributed by atoms with Crippen molar-refractivity contribution in [1.29, 1.82) is 0 Å². The maximum Gasteiger partial charge on any atom is 0.195 e. The third-order valence-electron chi connectivity index (χ3n) is 4.85. The molecule has 26 heavy (non-hydrogen) atoms. The Morgan fingerprint density at radius 3 is 2.38 bits per heavy atom. The highest BCUT2D eigenvalue weighted by Crippen LogP contribution is 2.32. The molecule has 0 atom stereocenters. The molecule has 2 aromatic carbocycles. The lowest BCUT2D eigenvalue weighted by Crippen LogP contribution is -2.31. The second-order valence-electron chi connectivity index (χ2n) is 7.31. The Bertz CT molecular complexity index is 988. The highest BCUT2D eigenvalue weighted by Gasteiger charge is 2.27. The predicted octanol–water partition coefficient (Wildman–Crippen LogP) is 4.23. The Kier molecular flexibility index (Phi) is 4.88. The average Bonchev–Trinajstić information content (AvgIpc) is 2.65. The molecule has 0 unspecified atom stereocenters. The zero-order chi connectivity index (χ0) is 18.9.